The van der Waals surface area contributed by atoms with Gasteiger partial charge in [0.2, 0.25) is 11.6 Å². The van der Waals surface area contributed by atoms with E-state index < -0.39 is 50.6 Å². The third kappa shape index (κ3) is 9.08. The van der Waals surface area contributed by atoms with Gasteiger partial charge in [-0.05, 0) is 104 Å². The first-order valence-corrected chi connectivity index (χ1v) is 17.0. The summed E-state index contributed by atoms with van der Waals surface area (Å²) in [6.45, 7) is 9.77. The number of benzene rings is 4. The van der Waals surface area contributed by atoms with Crippen LogP contribution in [0.5, 0.6) is 17.2 Å². The highest BCUT2D eigenvalue weighted by Gasteiger charge is 2.30. The second-order valence-electron chi connectivity index (χ2n) is 12.9. The fourth-order valence-electron chi connectivity index (χ4n) is 5.76. The average Bonchev–Trinajstić information content (AvgIpc) is 3.02. The third-order valence-electron chi connectivity index (χ3n) is 8.20. The van der Waals surface area contributed by atoms with Crippen LogP contribution in [0.2, 0.25) is 0 Å². The highest BCUT2D eigenvalue weighted by Crippen LogP contribution is 2.39. The van der Waals surface area contributed by atoms with Crippen LogP contribution < -0.4 is 9.47 Å². The lowest BCUT2D eigenvalue weighted by Crippen LogP contribution is -2.22. The molecule has 258 valence electrons. The Kier molecular flexibility index (Phi) is 11.5. The summed E-state index contributed by atoms with van der Waals surface area (Å²) in [5.41, 5.74) is 3.40. The minimum absolute atomic E-state index is 0.119. The molecule has 0 aliphatic rings. The number of phenolic OH excluding ortho intramolecular Hbond substituents is 1. The molecule has 0 saturated carbocycles. The van der Waals surface area contributed by atoms with Crippen LogP contribution in [0.3, 0.4) is 0 Å². The van der Waals surface area contributed by atoms with Crippen LogP contribution in [-0.2, 0) is 16.7 Å². The monoisotopic (exact) mass is 687 g/mol. The second-order valence-corrected chi connectivity index (χ2v) is 14.3. The summed E-state index contributed by atoms with van der Waals surface area (Å²) in [4.78, 5) is -2.23. The molecular formula is C37H39F4O6S-. The van der Waals surface area contributed by atoms with Crippen LogP contribution in [0.25, 0.3) is 0 Å². The smallest absolute Gasteiger partial charge is 0.205 e. The Morgan fingerprint density at radius 1 is 0.750 bits per heavy atom. The largest absolute Gasteiger partial charge is 0.744 e. The minimum atomic E-state index is -5.82. The molecule has 3 unspecified atom stereocenters. The molecular weight excluding hydrogens is 648 g/mol. The fourth-order valence-corrected chi connectivity index (χ4v) is 6.37. The standard InChI is InChI=1S/C37H40F4O6S/c1-6-24(26-9-7-23(8-10-26)21-46-35-31(38)33(40)36(48(43,44)45)34(41)32(35)39)20-28(27-11-15-29(42)16-12-27)19-22(2)25-13-17-30(18-14-25)47-37(3,4)5/h7-18,22,24,28,42H,6,19-21H2,1-5H3,(H,43,44,45)/p-1. The number of phenols is 1. The fraction of sp³-hybridized carbons (Fsp3) is 0.351. The average molecular weight is 688 g/mol. The van der Waals surface area contributed by atoms with Gasteiger partial charge in [0.15, 0.2) is 17.4 Å². The van der Waals surface area contributed by atoms with Gasteiger partial charge in [-0.1, -0.05) is 62.4 Å². The van der Waals surface area contributed by atoms with Crippen LogP contribution in [0, 0.1) is 23.3 Å². The van der Waals surface area contributed by atoms with Gasteiger partial charge in [0.1, 0.15) is 38.7 Å². The molecule has 48 heavy (non-hydrogen) atoms. The molecule has 0 saturated heterocycles. The van der Waals surface area contributed by atoms with Gasteiger partial charge in [0.05, 0.1) is 0 Å². The Labute approximate surface area is 279 Å². The maximum absolute atomic E-state index is 14.4. The summed E-state index contributed by atoms with van der Waals surface area (Å²) in [5, 5.41) is 9.92. The molecule has 6 nitrogen and oxygen atoms in total. The molecule has 0 aliphatic heterocycles. The number of hydrogen-bond donors (Lipinski definition) is 1. The van der Waals surface area contributed by atoms with E-state index in [4.69, 9.17) is 9.47 Å². The zero-order chi connectivity index (χ0) is 35.4. The first kappa shape index (κ1) is 36.7. The van der Waals surface area contributed by atoms with Gasteiger partial charge < -0.3 is 19.1 Å². The lowest BCUT2D eigenvalue weighted by atomic mass is 9.78. The van der Waals surface area contributed by atoms with Crippen molar-refractivity contribution in [1.29, 1.82) is 0 Å². The highest BCUT2D eigenvalue weighted by atomic mass is 32.2. The Balaban J connectivity index is 1.50. The normalized spacial score (nSPS) is 14.0. The molecule has 3 atom stereocenters. The van der Waals surface area contributed by atoms with Gasteiger partial charge >= 0.3 is 0 Å². The van der Waals surface area contributed by atoms with E-state index in [0.29, 0.717) is 5.56 Å². The van der Waals surface area contributed by atoms with Crippen molar-refractivity contribution in [2.45, 2.75) is 88.7 Å². The summed E-state index contributed by atoms with van der Waals surface area (Å²) < 4.78 is 101. The maximum atomic E-state index is 14.4. The Hall–Kier alpha value is -4.09. The number of rotatable bonds is 13. The second kappa shape index (κ2) is 15.0. The molecule has 0 spiro atoms. The van der Waals surface area contributed by atoms with E-state index in [1.165, 1.54) is 5.56 Å². The lowest BCUT2D eigenvalue weighted by molar-refractivity contribution is 0.131. The van der Waals surface area contributed by atoms with Crippen molar-refractivity contribution in [3.05, 3.63) is 118 Å². The van der Waals surface area contributed by atoms with Crippen molar-refractivity contribution in [3.8, 4) is 17.2 Å². The topological polar surface area (TPSA) is 95.9 Å². The van der Waals surface area contributed by atoms with E-state index in [-0.39, 0.29) is 29.1 Å². The quantitative estimate of drug-likeness (QED) is 0.0855. The van der Waals surface area contributed by atoms with Gasteiger partial charge in [-0.25, -0.2) is 17.2 Å². The molecule has 0 aliphatic carbocycles. The van der Waals surface area contributed by atoms with Crippen LogP contribution in [-0.4, -0.2) is 23.7 Å². The Morgan fingerprint density at radius 2 is 1.25 bits per heavy atom. The highest BCUT2D eigenvalue weighted by molar-refractivity contribution is 7.85. The van der Waals surface area contributed by atoms with Gasteiger partial charge in [0, 0.05) is 0 Å². The van der Waals surface area contributed by atoms with Crippen molar-refractivity contribution in [2.75, 3.05) is 0 Å². The van der Waals surface area contributed by atoms with E-state index in [9.17, 15) is 35.6 Å². The van der Waals surface area contributed by atoms with Crippen molar-refractivity contribution >= 4 is 10.1 Å². The molecule has 4 aromatic rings. The minimum Gasteiger partial charge on any atom is -0.744 e. The van der Waals surface area contributed by atoms with Gasteiger partial charge in [-0.3, -0.25) is 0 Å². The molecule has 11 heteroatoms. The van der Waals surface area contributed by atoms with E-state index in [1.54, 1.807) is 24.3 Å². The van der Waals surface area contributed by atoms with Crippen LogP contribution in [0.1, 0.15) is 93.9 Å². The van der Waals surface area contributed by atoms with Crippen molar-refractivity contribution in [2.24, 2.45) is 0 Å². The van der Waals surface area contributed by atoms with Crippen LogP contribution >= 0.6 is 0 Å². The van der Waals surface area contributed by atoms with E-state index in [1.807, 2.05) is 57.2 Å². The predicted molar refractivity (Wildman–Crippen MR) is 173 cm³/mol. The SMILES string of the molecule is CCC(CC(CC(C)c1ccc(OC(C)(C)C)cc1)c1ccc(O)cc1)c1ccc(COc2c(F)c(F)c(S(=O)(=O)[O-])c(F)c2F)cc1. The van der Waals surface area contributed by atoms with Crippen molar-refractivity contribution < 1.29 is 45.1 Å². The van der Waals surface area contributed by atoms with Crippen LogP contribution in [0.15, 0.2) is 77.7 Å². The van der Waals surface area contributed by atoms with Crippen LogP contribution in [0.4, 0.5) is 17.6 Å². The summed E-state index contributed by atoms with van der Waals surface area (Å²) in [5.74, 6) is -8.93. The number of ether oxygens (including phenoxy) is 2. The lowest BCUT2D eigenvalue weighted by Gasteiger charge is -2.27. The third-order valence-corrected chi connectivity index (χ3v) is 9.06. The number of aromatic hydroxyl groups is 1. The summed E-state index contributed by atoms with van der Waals surface area (Å²) in [7, 11) is -5.82. The molecule has 4 aromatic carbocycles. The van der Waals surface area contributed by atoms with Gasteiger partial charge in [-0.15, -0.1) is 0 Å². The summed E-state index contributed by atoms with van der Waals surface area (Å²) >= 11 is 0. The summed E-state index contributed by atoms with van der Waals surface area (Å²) in [6, 6.07) is 22.4. The van der Waals surface area contributed by atoms with Crippen molar-refractivity contribution in [3.63, 3.8) is 0 Å². The maximum Gasteiger partial charge on any atom is 0.205 e. The van der Waals surface area contributed by atoms with E-state index in [0.717, 1.165) is 36.1 Å². The van der Waals surface area contributed by atoms with Gasteiger partial charge in [-0.2, -0.15) is 8.78 Å². The molecule has 0 bridgehead atoms. The first-order chi connectivity index (χ1) is 22.5. The first-order valence-electron chi connectivity index (χ1n) is 15.6. The zero-order valence-corrected chi connectivity index (χ0v) is 28.2. The molecule has 0 aromatic heterocycles. The number of hydrogen-bond acceptors (Lipinski definition) is 6. The molecule has 0 heterocycles. The molecule has 0 radical (unpaired) electrons. The molecule has 0 fully saturated rings. The van der Waals surface area contributed by atoms with Gasteiger partial charge in [0.25, 0.3) is 0 Å². The molecule has 4 rings (SSSR count). The van der Waals surface area contributed by atoms with E-state index in [2.05, 4.69) is 26.0 Å². The zero-order valence-electron chi connectivity index (χ0n) is 27.4. The Bertz CT molecular complexity index is 1770. The number of halogens is 4. The van der Waals surface area contributed by atoms with Crippen molar-refractivity contribution in [1.82, 2.24) is 0 Å². The molecule has 1 N–H and O–H groups in total. The van der Waals surface area contributed by atoms with E-state index >= 15 is 0 Å². The Morgan fingerprint density at radius 3 is 1.75 bits per heavy atom. The predicted octanol–water partition coefficient (Wildman–Crippen LogP) is 9.47. The molecule has 0 amide bonds. The summed E-state index contributed by atoms with van der Waals surface area (Å²) in [6.07, 6.45) is 2.43.